The summed E-state index contributed by atoms with van der Waals surface area (Å²) in [6.45, 7) is 2.31. The first-order valence-electron chi connectivity index (χ1n) is 7.44. The molecule has 1 N–H and O–H groups in total. The molecule has 0 heterocycles. The lowest BCUT2D eigenvalue weighted by Crippen LogP contribution is -2.30. The molecule has 24 heavy (non-hydrogen) atoms. The number of nitrogens with one attached hydrogen (secondary N) is 1. The summed E-state index contributed by atoms with van der Waals surface area (Å²) in [6.07, 6.45) is 0. The van der Waals surface area contributed by atoms with E-state index in [1.165, 1.54) is 11.8 Å². The van der Waals surface area contributed by atoms with Crippen molar-refractivity contribution in [2.45, 2.75) is 23.6 Å². The third-order valence-electron chi connectivity index (χ3n) is 3.41. The van der Waals surface area contributed by atoms with Gasteiger partial charge in [-0.2, -0.15) is 0 Å². The van der Waals surface area contributed by atoms with Crippen molar-refractivity contribution in [1.29, 1.82) is 0 Å². The van der Waals surface area contributed by atoms with Gasteiger partial charge in [0.15, 0.2) is 11.5 Å². The topological polar surface area (TPSA) is 47.6 Å². The third-order valence-corrected chi connectivity index (χ3v) is 4.77. The van der Waals surface area contributed by atoms with Crippen LogP contribution in [0.1, 0.15) is 12.5 Å². The van der Waals surface area contributed by atoms with E-state index in [-0.39, 0.29) is 11.2 Å². The van der Waals surface area contributed by atoms with E-state index in [4.69, 9.17) is 21.1 Å². The average Bonchev–Trinajstić information content (AvgIpc) is 2.61. The van der Waals surface area contributed by atoms with Crippen LogP contribution >= 0.6 is 23.4 Å². The normalized spacial score (nSPS) is 11.7. The van der Waals surface area contributed by atoms with Gasteiger partial charge in [0.25, 0.3) is 0 Å². The fourth-order valence-electron chi connectivity index (χ4n) is 2.09. The summed E-state index contributed by atoms with van der Waals surface area (Å²) in [7, 11) is 3.18. The molecule has 0 aliphatic rings. The monoisotopic (exact) mass is 365 g/mol. The van der Waals surface area contributed by atoms with E-state index in [1.807, 2.05) is 49.4 Å². The van der Waals surface area contributed by atoms with E-state index in [0.717, 1.165) is 10.5 Å². The number of hydrogen-bond acceptors (Lipinski definition) is 4. The van der Waals surface area contributed by atoms with E-state index in [9.17, 15) is 4.79 Å². The number of halogens is 1. The van der Waals surface area contributed by atoms with E-state index in [2.05, 4.69) is 5.32 Å². The smallest absolute Gasteiger partial charge is 0.233 e. The van der Waals surface area contributed by atoms with Gasteiger partial charge in [-0.15, -0.1) is 11.8 Å². The second kappa shape index (κ2) is 8.85. The van der Waals surface area contributed by atoms with Crippen molar-refractivity contribution in [2.75, 3.05) is 14.2 Å². The van der Waals surface area contributed by atoms with Crippen LogP contribution in [0.3, 0.4) is 0 Å². The molecule has 2 aromatic carbocycles. The lowest BCUT2D eigenvalue weighted by atomic mass is 10.2. The van der Waals surface area contributed by atoms with Gasteiger partial charge >= 0.3 is 0 Å². The van der Waals surface area contributed by atoms with E-state index in [1.54, 1.807) is 14.2 Å². The van der Waals surface area contributed by atoms with Gasteiger partial charge in [-0.05, 0) is 48.9 Å². The predicted octanol–water partition coefficient (Wildman–Crippen LogP) is 4.15. The van der Waals surface area contributed by atoms with Gasteiger partial charge < -0.3 is 14.8 Å². The molecule has 128 valence electrons. The molecule has 0 saturated heterocycles. The van der Waals surface area contributed by atoms with Crippen LogP contribution in [0.5, 0.6) is 11.5 Å². The summed E-state index contributed by atoms with van der Waals surface area (Å²) >= 11 is 7.36. The summed E-state index contributed by atoms with van der Waals surface area (Å²) in [5.74, 6) is 1.29. The number of hydrogen-bond donors (Lipinski definition) is 1. The molecule has 0 fully saturated rings. The first kappa shape index (κ1) is 18.5. The maximum atomic E-state index is 12.3. The highest BCUT2D eigenvalue weighted by molar-refractivity contribution is 8.00. The van der Waals surface area contributed by atoms with Gasteiger partial charge in [-0.1, -0.05) is 17.7 Å². The minimum Gasteiger partial charge on any atom is -0.493 e. The SMILES string of the molecule is COc1ccc(CNC(=O)C(C)Sc2ccc(Cl)cc2)cc1OC. The number of amides is 1. The highest BCUT2D eigenvalue weighted by atomic mass is 35.5. The molecule has 0 bridgehead atoms. The lowest BCUT2D eigenvalue weighted by molar-refractivity contribution is -0.120. The average molecular weight is 366 g/mol. The molecule has 1 unspecified atom stereocenters. The zero-order valence-corrected chi connectivity index (χ0v) is 15.4. The van der Waals surface area contributed by atoms with Crippen LogP contribution in [0.15, 0.2) is 47.4 Å². The zero-order chi connectivity index (χ0) is 17.5. The fraction of sp³-hybridized carbons (Fsp3) is 0.278. The Balaban J connectivity index is 1.91. The number of ether oxygens (including phenoxy) is 2. The van der Waals surface area contributed by atoms with Crippen LogP contribution in [0.25, 0.3) is 0 Å². The summed E-state index contributed by atoms with van der Waals surface area (Å²) < 4.78 is 10.5. The lowest BCUT2D eigenvalue weighted by Gasteiger charge is -2.13. The Morgan fingerprint density at radius 2 is 1.79 bits per heavy atom. The number of carbonyl (C=O) groups is 1. The van der Waals surface area contributed by atoms with Gasteiger partial charge in [0.05, 0.1) is 19.5 Å². The minimum absolute atomic E-state index is 0.0234. The molecule has 1 amide bonds. The van der Waals surface area contributed by atoms with E-state index < -0.39 is 0 Å². The number of rotatable bonds is 7. The second-order valence-electron chi connectivity index (χ2n) is 5.12. The Labute approximate surface area is 151 Å². The zero-order valence-electron chi connectivity index (χ0n) is 13.8. The van der Waals surface area contributed by atoms with Crippen molar-refractivity contribution < 1.29 is 14.3 Å². The Morgan fingerprint density at radius 1 is 1.12 bits per heavy atom. The van der Waals surface area contributed by atoms with Crippen LogP contribution in [0, 0.1) is 0 Å². The van der Waals surface area contributed by atoms with Crippen molar-refractivity contribution in [2.24, 2.45) is 0 Å². The number of methoxy groups -OCH3 is 2. The van der Waals surface area contributed by atoms with Gasteiger partial charge in [-0.25, -0.2) is 0 Å². The maximum Gasteiger partial charge on any atom is 0.233 e. The molecule has 4 nitrogen and oxygen atoms in total. The maximum absolute atomic E-state index is 12.3. The van der Waals surface area contributed by atoms with Crippen molar-refractivity contribution in [3.63, 3.8) is 0 Å². The van der Waals surface area contributed by atoms with Crippen molar-refractivity contribution in [3.8, 4) is 11.5 Å². The van der Waals surface area contributed by atoms with Gasteiger partial charge in [0, 0.05) is 16.5 Å². The highest BCUT2D eigenvalue weighted by Crippen LogP contribution is 2.28. The summed E-state index contributed by atoms with van der Waals surface area (Å²) in [6, 6.07) is 13.0. The Hall–Kier alpha value is -1.85. The van der Waals surface area contributed by atoms with Crippen molar-refractivity contribution in [1.82, 2.24) is 5.32 Å². The van der Waals surface area contributed by atoms with Gasteiger partial charge in [0.1, 0.15) is 0 Å². The fourth-order valence-corrected chi connectivity index (χ4v) is 3.11. The molecule has 0 aromatic heterocycles. The van der Waals surface area contributed by atoms with Crippen molar-refractivity contribution >= 4 is 29.3 Å². The Bertz CT molecular complexity index is 691. The van der Waals surface area contributed by atoms with Crippen LogP contribution in [0.2, 0.25) is 5.02 Å². The van der Waals surface area contributed by atoms with Crippen LogP contribution in [-0.4, -0.2) is 25.4 Å². The number of benzene rings is 2. The first-order valence-corrected chi connectivity index (χ1v) is 8.70. The molecular formula is C18H20ClNO3S. The quantitative estimate of drug-likeness (QED) is 0.748. The summed E-state index contributed by atoms with van der Waals surface area (Å²) in [4.78, 5) is 13.3. The van der Waals surface area contributed by atoms with Crippen LogP contribution in [-0.2, 0) is 11.3 Å². The summed E-state index contributed by atoms with van der Waals surface area (Å²) in [5.41, 5.74) is 0.949. The third kappa shape index (κ3) is 5.08. The molecule has 0 aliphatic carbocycles. The minimum atomic E-state index is -0.202. The predicted molar refractivity (Wildman–Crippen MR) is 98.2 cm³/mol. The molecule has 0 aliphatic heterocycles. The first-order chi connectivity index (χ1) is 11.5. The highest BCUT2D eigenvalue weighted by Gasteiger charge is 2.14. The van der Waals surface area contributed by atoms with E-state index >= 15 is 0 Å². The van der Waals surface area contributed by atoms with E-state index in [0.29, 0.717) is 23.1 Å². The molecule has 6 heteroatoms. The largest absolute Gasteiger partial charge is 0.493 e. The molecule has 2 aromatic rings. The molecular weight excluding hydrogens is 346 g/mol. The number of thioether (sulfide) groups is 1. The standard InChI is InChI=1S/C18H20ClNO3S/c1-12(24-15-7-5-14(19)6-8-15)18(21)20-11-13-4-9-16(22-2)17(10-13)23-3/h4-10,12H,11H2,1-3H3,(H,20,21). The molecule has 1 atom stereocenters. The second-order valence-corrected chi connectivity index (χ2v) is 6.97. The molecule has 2 rings (SSSR count). The molecule has 0 radical (unpaired) electrons. The number of carbonyl (C=O) groups excluding carboxylic acids is 1. The summed E-state index contributed by atoms with van der Waals surface area (Å²) in [5, 5.41) is 3.42. The Kier molecular flexibility index (Phi) is 6.82. The van der Waals surface area contributed by atoms with Crippen LogP contribution in [0.4, 0.5) is 0 Å². The molecule has 0 saturated carbocycles. The van der Waals surface area contributed by atoms with Crippen LogP contribution < -0.4 is 14.8 Å². The van der Waals surface area contributed by atoms with Gasteiger partial charge in [-0.3, -0.25) is 4.79 Å². The van der Waals surface area contributed by atoms with Gasteiger partial charge in [0.2, 0.25) is 5.91 Å². The molecule has 0 spiro atoms. The Morgan fingerprint density at radius 3 is 2.42 bits per heavy atom. The van der Waals surface area contributed by atoms with Crippen molar-refractivity contribution in [3.05, 3.63) is 53.1 Å².